The second-order valence-corrected chi connectivity index (χ2v) is 7.22. The zero-order valence-electron chi connectivity index (χ0n) is 15.3. The molecule has 1 aromatic heterocycles. The standard InChI is InChI=1S/C21H22N4OS/c1-16(17-7-9-19(10-8-17)25-11-13-26-14-12-25)23-24-21-22-20(15-27-21)18-5-3-2-4-6-18/h2-10,15H,11-14H2,1H3,(H,22,24)/b23-16-. The van der Waals surface area contributed by atoms with Gasteiger partial charge in [0.05, 0.1) is 24.6 Å². The summed E-state index contributed by atoms with van der Waals surface area (Å²) in [6.45, 7) is 5.49. The van der Waals surface area contributed by atoms with E-state index < -0.39 is 0 Å². The third-order valence-corrected chi connectivity index (χ3v) is 5.30. The second-order valence-electron chi connectivity index (χ2n) is 6.36. The van der Waals surface area contributed by atoms with Gasteiger partial charge in [-0.15, -0.1) is 11.3 Å². The molecule has 1 fully saturated rings. The zero-order chi connectivity index (χ0) is 18.5. The van der Waals surface area contributed by atoms with Crippen molar-refractivity contribution in [2.75, 3.05) is 36.6 Å². The SMILES string of the molecule is C/C(=N/Nc1nc(-c2ccccc2)cs1)c1ccc(N2CCOCC2)cc1. The minimum Gasteiger partial charge on any atom is -0.378 e. The lowest BCUT2D eigenvalue weighted by Crippen LogP contribution is -2.36. The molecule has 0 amide bonds. The van der Waals surface area contributed by atoms with Crippen molar-refractivity contribution in [1.29, 1.82) is 0 Å². The first-order chi connectivity index (χ1) is 13.3. The van der Waals surface area contributed by atoms with E-state index >= 15 is 0 Å². The van der Waals surface area contributed by atoms with Gasteiger partial charge in [-0.05, 0) is 24.6 Å². The van der Waals surface area contributed by atoms with Gasteiger partial charge in [-0.25, -0.2) is 4.98 Å². The van der Waals surface area contributed by atoms with E-state index in [0.29, 0.717) is 0 Å². The summed E-state index contributed by atoms with van der Waals surface area (Å²) in [7, 11) is 0. The van der Waals surface area contributed by atoms with Crippen LogP contribution in [0.5, 0.6) is 0 Å². The van der Waals surface area contributed by atoms with Crippen LogP contribution in [0.3, 0.4) is 0 Å². The van der Waals surface area contributed by atoms with Crippen molar-refractivity contribution in [2.45, 2.75) is 6.92 Å². The predicted molar refractivity (Wildman–Crippen MR) is 113 cm³/mol. The lowest BCUT2D eigenvalue weighted by molar-refractivity contribution is 0.122. The molecule has 2 heterocycles. The van der Waals surface area contributed by atoms with Crippen molar-refractivity contribution >= 4 is 27.9 Å². The maximum Gasteiger partial charge on any atom is 0.203 e. The Morgan fingerprint density at radius 2 is 1.81 bits per heavy atom. The lowest BCUT2D eigenvalue weighted by Gasteiger charge is -2.28. The number of hydrogen-bond acceptors (Lipinski definition) is 6. The van der Waals surface area contributed by atoms with Crippen LogP contribution in [-0.4, -0.2) is 37.0 Å². The van der Waals surface area contributed by atoms with Crippen LogP contribution < -0.4 is 10.3 Å². The molecular formula is C21H22N4OS. The van der Waals surface area contributed by atoms with Crippen LogP contribution >= 0.6 is 11.3 Å². The molecule has 27 heavy (non-hydrogen) atoms. The monoisotopic (exact) mass is 378 g/mol. The third kappa shape index (κ3) is 4.35. The Kier molecular flexibility index (Phi) is 5.46. The predicted octanol–water partition coefficient (Wildman–Crippen LogP) is 4.48. The number of rotatable bonds is 5. The maximum absolute atomic E-state index is 5.41. The number of nitrogens with zero attached hydrogens (tertiary/aromatic N) is 3. The fourth-order valence-electron chi connectivity index (χ4n) is 3.00. The quantitative estimate of drug-likeness (QED) is 0.525. The minimum absolute atomic E-state index is 0.790. The molecule has 0 radical (unpaired) electrons. The first kappa shape index (κ1) is 17.7. The molecule has 2 aromatic carbocycles. The van der Waals surface area contributed by atoms with E-state index in [2.05, 4.69) is 56.8 Å². The smallest absolute Gasteiger partial charge is 0.203 e. The molecule has 1 aliphatic rings. The highest BCUT2D eigenvalue weighted by molar-refractivity contribution is 7.14. The van der Waals surface area contributed by atoms with Gasteiger partial charge in [0.15, 0.2) is 0 Å². The van der Waals surface area contributed by atoms with E-state index in [1.807, 2.05) is 30.5 Å². The normalized spacial score (nSPS) is 15.0. The van der Waals surface area contributed by atoms with E-state index in [9.17, 15) is 0 Å². The van der Waals surface area contributed by atoms with Gasteiger partial charge in [-0.1, -0.05) is 42.5 Å². The van der Waals surface area contributed by atoms with Gasteiger partial charge in [-0.2, -0.15) is 5.10 Å². The third-order valence-electron chi connectivity index (χ3n) is 4.55. The molecule has 0 spiro atoms. The topological polar surface area (TPSA) is 49.8 Å². The number of hydrazone groups is 1. The highest BCUT2D eigenvalue weighted by Gasteiger charge is 2.11. The first-order valence-electron chi connectivity index (χ1n) is 9.04. The van der Waals surface area contributed by atoms with E-state index in [4.69, 9.17) is 4.74 Å². The summed E-state index contributed by atoms with van der Waals surface area (Å²) in [5.41, 5.74) is 8.41. The summed E-state index contributed by atoms with van der Waals surface area (Å²) in [5.74, 6) is 0. The van der Waals surface area contributed by atoms with Crippen LogP contribution in [0.15, 0.2) is 65.1 Å². The number of anilines is 2. The first-order valence-corrected chi connectivity index (χ1v) is 9.92. The van der Waals surface area contributed by atoms with Gasteiger partial charge in [0, 0.05) is 29.7 Å². The molecule has 3 aromatic rings. The molecule has 1 saturated heterocycles. The van der Waals surface area contributed by atoms with Crippen molar-refractivity contribution in [3.63, 3.8) is 0 Å². The molecule has 0 saturated carbocycles. The number of ether oxygens (including phenoxy) is 1. The summed E-state index contributed by atoms with van der Waals surface area (Å²) in [4.78, 5) is 6.95. The molecule has 0 aliphatic carbocycles. The Bertz CT molecular complexity index is 899. The number of benzene rings is 2. The molecule has 1 aliphatic heterocycles. The number of hydrogen-bond donors (Lipinski definition) is 1. The van der Waals surface area contributed by atoms with Gasteiger partial charge in [-0.3, -0.25) is 5.43 Å². The summed E-state index contributed by atoms with van der Waals surface area (Å²) < 4.78 is 5.41. The lowest BCUT2D eigenvalue weighted by atomic mass is 10.1. The number of nitrogens with one attached hydrogen (secondary N) is 1. The molecular weight excluding hydrogens is 356 g/mol. The summed E-state index contributed by atoms with van der Waals surface area (Å²) >= 11 is 1.55. The Labute approximate surface area is 163 Å². The van der Waals surface area contributed by atoms with Crippen LogP contribution in [0.1, 0.15) is 12.5 Å². The Hall–Kier alpha value is -2.70. The van der Waals surface area contributed by atoms with Crippen molar-refractivity contribution < 1.29 is 4.74 Å². The van der Waals surface area contributed by atoms with E-state index in [1.165, 1.54) is 5.69 Å². The largest absolute Gasteiger partial charge is 0.378 e. The minimum atomic E-state index is 0.790. The molecule has 4 rings (SSSR count). The Balaban J connectivity index is 1.41. The van der Waals surface area contributed by atoms with Crippen LogP contribution in [0.4, 0.5) is 10.8 Å². The Morgan fingerprint density at radius 1 is 1.07 bits per heavy atom. The molecule has 1 N–H and O–H groups in total. The van der Waals surface area contributed by atoms with Gasteiger partial charge in [0.2, 0.25) is 5.13 Å². The van der Waals surface area contributed by atoms with Crippen molar-refractivity contribution in [1.82, 2.24) is 4.98 Å². The molecule has 5 nitrogen and oxygen atoms in total. The second kappa shape index (κ2) is 8.33. The highest BCUT2D eigenvalue weighted by atomic mass is 32.1. The van der Waals surface area contributed by atoms with Gasteiger partial charge < -0.3 is 9.64 Å². The van der Waals surface area contributed by atoms with E-state index in [1.54, 1.807) is 11.3 Å². The maximum atomic E-state index is 5.41. The van der Waals surface area contributed by atoms with Gasteiger partial charge in [0.1, 0.15) is 0 Å². The van der Waals surface area contributed by atoms with Crippen molar-refractivity contribution in [2.24, 2.45) is 5.10 Å². The fourth-order valence-corrected chi connectivity index (χ4v) is 3.66. The van der Waals surface area contributed by atoms with Crippen LogP contribution in [0.2, 0.25) is 0 Å². The summed E-state index contributed by atoms with van der Waals surface area (Å²) in [5, 5.41) is 7.33. The van der Waals surface area contributed by atoms with Crippen molar-refractivity contribution in [3.8, 4) is 11.3 Å². The molecule has 0 atom stereocenters. The van der Waals surface area contributed by atoms with Crippen molar-refractivity contribution in [3.05, 3.63) is 65.5 Å². The Morgan fingerprint density at radius 3 is 2.56 bits per heavy atom. The summed E-state index contributed by atoms with van der Waals surface area (Å²) in [6, 6.07) is 18.7. The average molecular weight is 379 g/mol. The number of thiazole rings is 1. The average Bonchev–Trinajstić information content (AvgIpc) is 3.22. The summed E-state index contributed by atoms with van der Waals surface area (Å²) in [6.07, 6.45) is 0. The van der Waals surface area contributed by atoms with Gasteiger partial charge in [0.25, 0.3) is 0 Å². The molecule has 0 bridgehead atoms. The van der Waals surface area contributed by atoms with Crippen LogP contribution in [-0.2, 0) is 4.74 Å². The van der Waals surface area contributed by atoms with E-state index in [-0.39, 0.29) is 0 Å². The van der Waals surface area contributed by atoms with Gasteiger partial charge >= 0.3 is 0 Å². The van der Waals surface area contributed by atoms with E-state index in [0.717, 1.165) is 54.0 Å². The fraction of sp³-hybridized carbons (Fsp3) is 0.238. The zero-order valence-corrected chi connectivity index (χ0v) is 16.1. The number of aromatic nitrogens is 1. The molecule has 6 heteroatoms. The highest BCUT2D eigenvalue weighted by Crippen LogP contribution is 2.24. The molecule has 138 valence electrons. The molecule has 0 unspecified atom stereocenters. The number of morpholine rings is 1. The van der Waals surface area contributed by atoms with Crippen LogP contribution in [0, 0.1) is 0 Å². The van der Waals surface area contributed by atoms with Crippen LogP contribution in [0.25, 0.3) is 11.3 Å².